The van der Waals surface area contributed by atoms with Crippen LogP contribution in [0.1, 0.15) is 56.4 Å². The summed E-state index contributed by atoms with van der Waals surface area (Å²) in [6.45, 7) is 8.73. The van der Waals surface area contributed by atoms with Gasteiger partial charge in [0.25, 0.3) is 15.7 Å². The average molecular weight is 724 g/mol. The highest BCUT2D eigenvalue weighted by Crippen LogP contribution is 2.36. The third kappa shape index (κ3) is 8.36. The number of amides is 1. The highest BCUT2D eigenvalue weighted by atomic mass is 32.2. The van der Waals surface area contributed by atoms with E-state index in [2.05, 4.69) is 0 Å². The van der Waals surface area contributed by atoms with Crippen LogP contribution in [-0.2, 0) is 48.4 Å². The van der Waals surface area contributed by atoms with Crippen LogP contribution in [0.4, 0.5) is 10.5 Å². The van der Waals surface area contributed by atoms with Crippen LogP contribution in [0, 0.1) is 22.0 Å². The molecule has 0 saturated carbocycles. The molecular formula is C37H45N3O10S. The van der Waals surface area contributed by atoms with Gasteiger partial charge in [-0.3, -0.25) is 15.0 Å². The molecule has 3 aliphatic heterocycles. The van der Waals surface area contributed by atoms with Gasteiger partial charge in [0.2, 0.25) is 0 Å². The number of nitrogens with zero attached hydrogens (tertiary/aromatic N) is 3. The van der Waals surface area contributed by atoms with Crippen molar-refractivity contribution in [2.45, 2.75) is 76.6 Å². The molecule has 6 rings (SSSR count). The Labute approximate surface area is 298 Å². The molecule has 13 nitrogen and oxygen atoms in total. The second-order valence-electron chi connectivity index (χ2n) is 14.0. The number of benzene rings is 3. The third-order valence-electron chi connectivity index (χ3n) is 9.58. The van der Waals surface area contributed by atoms with Crippen molar-refractivity contribution in [2.24, 2.45) is 11.8 Å². The van der Waals surface area contributed by atoms with E-state index in [1.165, 1.54) is 6.07 Å². The van der Waals surface area contributed by atoms with Crippen LogP contribution in [0.3, 0.4) is 0 Å². The largest absolute Gasteiger partial charge is 0.489 e. The number of nitro groups is 1. The zero-order chi connectivity index (χ0) is 36.3. The Morgan fingerprint density at radius 3 is 2.47 bits per heavy atom. The standard InChI is InChI=1S/C37H45N3O10S/c1-25(2)18-28-20-30(21-33(40(42)43)32(28)19-26-10-12-29(13-11-26)47-22-27-8-6-5-7-9-27)51(44,45)39(24-38-15-17-49-37(38,3)4)36(41)50-34-23-48-35-31(34)14-16-46-35/h5-13,20-21,25,31,34-35H,14-19,22-24H2,1-4H3/t31-,34-,35+/m0/s1. The van der Waals surface area contributed by atoms with E-state index in [1.807, 2.05) is 68.4 Å². The minimum Gasteiger partial charge on any atom is -0.489 e. The zero-order valence-corrected chi connectivity index (χ0v) is 30.2. The zero-order valence-electron chi connectivity index (χ0n) is 29.4. The molecule has 0 N–H and O–H groups in total. The van der Waals surface area contributed by atoms with Gasteiger partial charge in [0, 0.05) is 24.6 Å². The molecule has 3 aromatic rings. The molecule has 1 amide bonds. The molecule has 3 saturated heterocycles. The van der Waals surface area contributed by atoms with Gasteiger partial charge >= 0.3 is 6.09 Å². The summed E-state index contributed by atoms with van der Waals surface area (Å²) in [6, 6.07) is 19.6. The minimum absolute atomic E-state index is 0.0441. The van der Waals surface area contributed by atoms with Gasteiger partial charge in [0.15, 0.2) is 6.29 Å². The number of hydrogen-bond donors (Lipinski definition) is 0. The highest BCUT2D eigenvalue weighted by Gasteiger charge is 2.46. The van der Waals surface area contributed by atoms with Crippen LogP contribution in [-0.4, -0.2) is 79.8 Å². The van der Waals surface area contributed by atoms with E-state index in [1.54, 1.807) is 18.7 Å². The van der Waals surface area contributed by atoms with Crippen LogP contribution in [0.25, 0.3) is 0 Å². The quantitative estimate of drug-likeness (QED) is 0.154. The molecule has 14 heteroatoms. The van der Waals surface area contributed by atoms with E-state index in [4.69, 9.17) is 23.7 Å². The predicted molar refractivity (Wildman–Crippen MR) is 186 cm³/mol. The van der Waals surface area contributed by atoms with Crippen LogP contribution in [0.5, 0.6) is 5.75 Å². The summed E-state index contributed by atoms with van der Waals surface area (Å²) in [7, 11) is -4.67. The lowest BCUT2D eigenvalue weighted by Crippen LogP contribution is -2.51. The van der Waals surface area contributed by atoms with E-state index in [0.29, 0.717) is 60.4 Å². The Kier molecular flexibility index (Phi) is 11.0. The normalized spacial score (nSPS) is 21.5. The molecule has 274 valence electrons. The first-order valence-corrected chi connectivity index (χ1v) is 18.7. The van der Waals surface area contributed by atoms with Gasteiger partial charge in [0.05, 0.1) is 42.2 Å². The molecule has 0 spiro atoms. The summed E-state index contributed by atoms with van der Waals surface area (Å²) >= 11 is 0. The van der Waals surface area contributed by atoms with Crippen molar-refractivity contribution in [2.75, 3.05) is 33.0 Å². The summed E-state index contributed by atoms with van der Waals surface area (Å²) < 4.78 is 58.4. The predicted octanol–water partition coefficient (Wildman–Crippen LogP) is 5.88. The number of sulfonamides is 1. The average Bonchev–Trinajstić information content (AvgIpc) is 3.80. The second kappa shape index (κ2) is 15.3. The lowest BCUT2D eigenvalue weighted by atomic mass is 9.92. The Morgan fingerprint density at radius 1 is 1.06 bits per heavy atom. The first kappa shape index (κ1) is 36.7. The molecule has 3 aliphatic rings. The fourth-order valence-corrected chi connectivity index (χ4v) is 8.07. The Balaban J connectivity index is 1.31. The first-order chi connectivity index (χ1) is 24.3. The number of ether oxygens (including phenoxy) is 5. The number of carbonyl (C=O) groups excluding carboxylic acids is 1. The molecule has 0 radical (unpaired) electrons. The number of fused-ring (bicyclic) bond motifs is 1. The fourth-order valence-electron chi connectivity index (χ4n) is 6.73. The smallest absolute Gasteiger partial charge is 0.425 e. The maximum absolute atomic E-state index is 14.5. The van der Waals surface area contributed by atoms with E-state index in [0.717, 1.165) is 17.2 Å². The van der Waals surface area contributed by atoms with Gasteiger partial charge < -0.3 is 23.7 Å². The van der Waals surface area contributed by atoms with E-state index < -0.39 is 39.2 Å². The van der Waals surface area contributed by atoms with Crippen LogP contribution >= 0.6 is 0 Å². The maximum Gasteiger partial charge on any atom is 0.425 e. The van der Waals surface area contributed by atoms with Crippen molar-refractivity contribution in [3.63, 3.8) is 0 Å². The monoisotopic (exact) mass is 723 g/mol. The molecule has 3 heterocycles. The summed E-state index contributed by atoms with van der Waals surface area (Å²) in [5.74, 6) is 0.481. The lowest BCUT2D eigenvalue weighted by Gasteiger charge is -2.34. The summed E-state index contributed by atoms with van der Waals surface area (Å²) in [6.07, 6.45) is -1.13. The van der Waals surface area contributed by atoms with Crippen molar-refractivity contribution < 1.29 is 41.8 Å². The van der Waals surface area contributed by atoms with Crippen molar-refractivity contribution in [1.82, 2.24) is 9.21 Å². The van der Waals surface area contributed by atoms with Gasteiger partial charge in [-0.15, -0.1) is 0 Å². The van der Waals surface area contributed by atoms with Crippen molar-refractivity contribution in [3.05, 3.63) is 99.1 Å². The van der Waals surface area contributed by atoms with Crippen LogP contribution in [0.2, 0.25) is 0 Å². The molecule has 3 aromatic carbocycles. The molecule has 0 aromatic heterocycles. The van der Waals surface area contributed by atoms with Gasteiger partial charge in [0.1, 0.15) is 24.2 Å². The van der Waals surface area contributed by atoms with Crippen LogP contribution in [0.15, 0.2) is 71.6 Å². The van der Waals surface area contributed by atoms with Gasteiger partial charge in [-0.2, -0.15) is 4.31 Å². The summed E-state index contributed by atoms with van der Waals surface area (Å²) in [5, 5.41) is 12.6. The van der Waals surface area contributed by atoms with Crippen molar-refractivity contribution in [1.29, 1.82) is 0 Å². The first-order valence-electron chi connectivity index (χ1n) is 17.2. The molecular weight excluding hydrogens is 678 g/mol. The molecule has 3 atom stereocenters. The van der Waals surface area contributed by atoms with E-state index in [9.17, 15) is 23.3 Å². The Bertz CT molecular complexity index is 1820. The van der Waals surface area contributed by atoms with Gasteiger partial charge in [-0.05, 0) is 67.5 Å². The molecule has 0 bridgehead atoms. The lowest BCUT2D eigenvalue weighted by molar-refractivity contribution is -0.385. The van der Waals surface area contributed by atoms with Gasteiger partial charge in [-0.25, -0.2) is 13.2 Å². The number of carbonyl (C=O) groups is 1. The van der Waals surface area contributed by atoms with E-state index >= 15 is 0 Å². The summed E-state index contributed by atoms with van der Waals surface area (Å²) in [5.41, 5.74) is 1.53. The van der Waals surface area contributed by atoms with Crippen molar-refractivity contribution >= 4 is 21.8 Å². The minimum atomic E-state index is -4.67. The molecule has 0 aliphatic carbocycles. The number of rotatable bonds is 13. The third-order valence-corrected chi connectivity index (χ3v) is 11.3. The Morgan fingerprint density at radius 2 is 1.80 bits per heavy atom. The maximum atomic E-state index is 14.5. The number of hydrogen-bond acceptors (Lipinski definition) is 11. The fraction of sp³-hybridized carbons (Fsp3) is 0.486. The van der Waals surface area contributed by atoms with Gasteiger partial charge in [-0.1, -0.05) is 56.3 Å². The molecule has 0 unspecified atom stereocenters. The molecule has 51 heavy (non-hydrogen) atoms. The Hall–Kier alpha value is -4.08. The van der Waals surface area contributed by atoms with Crippen LogP contribution < -0.4 is 4.74 Å². The summed E-state index contributed by atoms with van der Waals surface area (Å²) in [4.78, 5) is 27.3. The second-order valence-corrected chi connectivity index (χ2v) is 15.9. The topological polar surface area (TPSA) is 147 Å². The van der Waals surface area contributed by atoms with Crippen molar-refractivity contribution in [3.8, 4) is 5.75 Å². The number of nitro benzene ring substituents is 1. The highest BCUT2D eigenvalue weighted by molar-refractivity contribution is 7.89. The van der Waals surface area contributed by atoms with E-state index in [-0.39, 0.29) is 42.1 Å². The molecule has 3 fully saturated rings. The SMILES string of the molecule is CC(C)Cc1cc(S(=O)(=O)N(CN2CCOC2(C)C)C(=O)O[C@H]2CO[C@H]3OCC[C@H]32)cc([N+](=O)[O-])c1Cc1ccc(OCc2ccccc2)cc1.